The number of hydrogen-bond donors (Lipinski definition) is 2. The first kappa shape index (κ1) is 14.8. The van der Waals surface area contributed by atoms with E-state index in [1.807, 2.05) is 0 Å². The number of nitrogens with zero attached hydrogens (tertiary/aromatic N) is 2. The van der Waals surface area contributed by atoms with E-state index in [0.717, 1.165) is 25.3 Å². The molecule has 0 spiro atoms. The largest absolute Gasteiger partial charge is 0.433 e. The van der Waals surface area contributed by atoms with Gasteiger partial charge in [-0.15, -0.1) is 0 Å². The molecular formula is C12H17F3N4O. The quantitative estimate of drug-likeness (QED) is 0.872. The van der Waals surface area contributed by atoms with Crippen LogP contribution in [-0.4, -0.2) is 36.3 Å². The van der Waals surface area contributed by atoms with Crippen molar-refractivity contribution in [3.05, 3.63) is 11.8 Å². The van der Waals surface area contributed by atoms with E-state index in [0.29, 0.717) is 6.54 Å². The third kappa shape index (κ3) is 3.12. The highest BCUT2D eigenvalue weighted by Crippen LogP contribution is 2.35. The van der Waals surface area contributed by atoms with Crippen LogP contribution in [0.3, 0.4) is 0 Å². The van der Waals surface area contributed by atoms with Gasteiger partial charge >= 0.3 is 6.18 Å². The monoisotopic (exact) mass is 290 g/mol. The second-order valence-electron chi connectivity index (χ2n) is 4.80. The van der Waals surface area contributed by atoms with Gasteiger partial charge in [-0.25, -0.2) is 4.98 Å². The molecule has 2 N–H and O–H groups in total. The van der Waals surface area contributed by atoms with Crippen LogP contribution in [0.4, 0.5) is 24.9 Å². The Morgan fingerprint density at radius 1 is 1.35 bits per heavy atom. The van der Waals surface area contributed by atoms with Gasteiger partial charge in [0.25, 0.3) is 0 Å². The van der Waals surface area contributed by atoms with E-state index in [2.05, 4.69) is 20.6 Å². The number of methoxy groups -OCH3 is 1. The molecule has 1 aliphatic carbocycles. The summed E-state index contributed by atoms with van der Waals surface area (Å²) in [5.74, 6) is 0.0717. The highest BCUT2D eigenvalue weighted by molar-refractivity contribution is 5.43. The van der Waals surface area contributed by atoms with Crippen molar-refractivity contribution < 1.29 is 17.9 Å². The summed E-state index contributed by atoms with van der Waals surface area (Å²) in [7, 11) is 3.09. The first-order valence-electron chi connectivity index (χ1n) is 6.32. The molecule has 1 aromatic heterocycles. The fraction of sp³-hybridized carbons (Fsp3) is 0.667. The zero-order chi connectivity index (χ0) is 14.8. The minimum absolute atomic E-state index is 0.0672. The number of anilines is 2. The van der Waals surface area contributed by atoms with Crippen molar-refractivity contribution in [2.75, 3.05) is 31.3 Å². The average Bonchev–Trinajstić information content (AvgIpc) is 2.36. The summed E-state index contributed by atoms with van der Waals surface area (Å²) in [4.78, 5) is 7.38. The van der Waals surface area contributed by atoms with E-state index < -0.39 is 11.9 Å². The Hall–Kier alpha value is -1.57. The summed E-state index contributed by atoms with van der Waals surface area (Å²) in [5, 5.41) is 5.43. The first-order valence-corrected chi connectivity index (χ1v) is 6.32. The topological polar surface area (TPSA) is 59.1 Å². The maximum absolute atomic E-state index is 12.7. The van der Waals surface area contributed by atoms with Crippen LogP contribution in [0.2, 0.25) is 0 Å². The molecule has 1 heterocycles. The Balaban J connectivity index is 2.14. The fourth-order valence-electron chi connectivity index (χ4n) is 2.07. The molecule has 0 atom stereocenters. The number of rotatable bonds is 5. The molecule has 8 heteroatoms. The lowest BCUT2D eigenvalue weighted by Crippen LogP contribution is -2.45. The van der Waals surface area contributed by atoms with E-state index in [1.54, 1.807) is 7.11 Å². The smallest absolute Gasteiger partial charge is 0.376 e. The molecule has 0 radical (unpaired) electrons. The number of aromatic nitrogens is 2. The molecule has 0 unspecified atom stereocenters. The lowest BCUT2D eigenvalue weighted by molar-refractivity contribution is -0.141. The third-order valence-electron chi connectivity index (χ3n) is 3.53. The number of halogens is 3. The van der Waals surface area contributed by atoms with Gasteiger partial charge in [-0.1, -0.05) is 0 Å². The molecule has 0 amide bonds. The summed E-state index contributed by atoms with van der Waals surface area (Å²) in [6.45, 7) is 0.432. The van der Waals surface area contributed by atoms with Crippen molar-refractivity contribution in [1.29, 1.82) is 0 Å². The van der Waals surface area contributed by atoms with Crippen molar-refractivity contribution in [3.8, 4) is 0 Å². The van der Waals surface area contributed by atoms with Crippen molar-refractivity contribution in [1.82, 2.24) is 9.97 Å². The fourth-order valence-corrected chi connectivity index (χ4v) is 2.07. The molecule has 1 saturated carbocycles. The van der Waals surface area contributed by atoms with Gasteiger partial charge in [-0.2, -0.15) is 18.2 Å². The van der Waals surface area contributed by atoms with Crippen LogP contribution >= 0.6 is 0 Å². The maximum atomic E-state index is 12.7. The Kier molecular flexibility index (Phi) is 4.03. The Morgan fingerprint density at radius 2 is 2.05 bits per heavy atom. The highest BCUT2D eigenvalue weighted by Gasteiger charge is 2.37. The SMILES string of the molecule is CNc1nc(NCC2(OC)CCC2)cc(C(F)(F)F)n1. The van der Waals surface area contributed by atoms with Crippen LogP contribution in [0.1, 0.15) is 25.0 Å². The van der Waals surface area contributed by atoms with Gasteiger partial charge < -0.3 is 15.4 Å². The van der Waals surface area contributed by atoms with Crippen LogP contribution in [0, 0.1) is 0 Å². The number of alkyl halides is 3. The zero-order valence-corrected chi connectivity index (χ0v) is 11.3. The average molecular weight is 290 g/mol. The Morgan fingerprint density at radius 3 is 2.50 bits per heavy atom. The Bertz CT molecular complexity index is 469. The van der Waals surface area contributed by atoms with Crippen molar-refractivity contribution in [2.24, 2.45) is 0 Å². The summed E-state index contributed by atoms with van der Waals surface area (Å²) in [6, 6.07) is 0.906. The summed E-state index contributed by atoms with van der Waals surface area (Å²) in [5.41, 5.74) is -1.26. The standard InChI is InChI=1S/C12H17F3N4O/c1-16-10-18-8(12(13,14)15)6-9(19-10)17-7-11(20-2)4-3-5-11/h6H,3-5,7H2,1-2H3,(H2,16,17,18,19). The number of nitrogens with one attached hydrogen (secondary N) is 2. The van der Waals surface area contributed by atoms with Crippen LogP contribution in [-0.2, 0) is 10.9 Å². The second kappa shape index (κ2) is 5.43. The van der Waals surface area contributed by atoms with Crippen molar-refractivity contribution >= 4 is 11.8 Å². The van der Waals surface area contributed by atoms with E-state index in [4.69, 9.17) is 4.74 Å². The van der Waals surface area contributed by atoms with E-state index in [9.17, 15) is 13.2 Å². The van der Waals surface area contributed by atoms with Crippen LogP contribution in [0.15, 0.2) is 6.07 Å². The molecule has 0 aromatic carbocycles. The molecule has 0 saturated heterocycles. The molecule has 0 aliphatic heterocycles. The predicted molar refractivity (Wildman–Crippen MR) is 68.7 cm³/mol. The summed E-state index contributed by atoms with van der Waals surface area (Å²) in [6.07, 6.45) is -1.64. The third-order valence-corrected chi connectivity index (χ3v) is 3.53. The Labute approximate surface area is 114 Å². The lowest BCUT2D eigenvalue weighted by atomic mass is 9.80. The predicted octanol–water partition coefficient (Wildman–Crippen LogP) is 2.52. The molecule has 20 heavy (non-hydrogen) atoms. The van der Waals surface area contributed by atoms with Crippen molar-refractivity contribution in [3.63, 3.8) is 0 Å². The van der Waals surface area contributed by atoms with Crippen molar-refractivity contribution in [2.45, 2.75) is 31.0 Å². The van der Waals surface area contributed by atoms with E-state index in [1.165, 1.54) is 7.05 Å². The highest BCUT2D eigenvalue weighted by atomic mass is 19.4. The molecule has 1 fully saturated rings. The second-order valence-corrected chi connectivity index (χ2v) is 4.80. The van der Waals surface area contributed by atoms with Crippen LogP contribution in [0.25, 0.3) is 0 Å². The molecule has 112 valence electrons. The normalized spacial score (nSPS) is 17.4. The summed E-state index contributed by atoms with van der Waals surface area (Å²) >= 11 is 0. The first-order chi connectivity index (χ1) is 9.38. The molecule has 1 aliphatic rings. The maximum Gasteiger partial charge on any atom is 0.433 e. The van der Waals surface area contributed by atoms with Gasteiger partial charge in [0.05, 0.1) is 5.60 Å². The molecule has 2 rings (SSSR count). The van der Waals surface area contributed by atoms with Crippen LogP contribution < -0.4 is 10.6 Å². The summed E-state index contributed by atoms with van der Waals surface area (Å²) < 4.78 is 43.6. The minimum Gasteiger partial charge on any atom is -0.376 e. The van der Waals surface area contributed by atoms with Gasteiger partial charge in [0.1, 0.15) is 5.82 Å². The van der Waals surface area contributed by atoms with Gasteiger partial charge in [-0.3, -0.25) is 0 Å². The van der Waals surface area contributed by atoms with Gasteiger partial charge in [-0.05, 0) is 19.3 Å². The molecule has 1 aromatic rings. The molecule has 5 nitrogen and oxygen atoms in total. The van der Waals surface area contributed by atoms with Gasteiger partial charge in [0.2, 0.25) is 5.95 Å². The van der Waals surface area contributed by atoms with E-state index in [-0.39, 0.29) is 17.4 Å². The lowest BCUT2D eigenvalue weighted by Gasteiger charge is -2.40. The van der Waals surface area contributed by atoms with Gasteiger partial charge in [0.15, 0.2) is 5.69 Å². The zero-order valence-electron chi connectivity index (χ0n) is 11.3. The molecular weight excluding hydrogens is 273 g/mol. The molecule has 0 bridgehead atoms. The van der Waals surface area contributed by atoms with Gasteiger partial charge in [0, 0.05) is 26.8 Å². The minimum atomic E-state index is -4.50. The number of ether oxygens (including phenoxy) is 1. The van der Waals surface area contributed by atoms with E-state index >= 15 is 0 Å². The van der Waals surface area contributed by atoms with Crippen LogP contribution in [0.5, 0.6) is 0 Å². The number of hydrogen-bond acceptors (Lipinski definition) is 5.